The van der Waals surface area contributed by atoms with Gasteiger partial charge >= 0.3 is 6.03 Å². The van der Waals surface area contributed by atoms with Gasteiger partial charge in [-0.2, -0.15) is 0 Å². The van der Waals surface area contributed by atoms with Crippen molar-refractivity contribution in [2.75, 3.05) is 41.8 Å². The Hall–Kier alpha value is -4.92. The number of ether oxygens (including phenoxy) is 2. The number of halogens is 2. The molecule has 5 rings (SSSR count). The van der Waals surface area contributed by atoms with Crippen molar-refractivity contribution in [3.8, 4) is 17.4 Å². The number of urea groups is 1. The van der Waals surface area contributed by atoms with Gasteiger partial charge in [0.2, 0.25) is 15.9 Å². The van der Waals surface area contributed by atoms with Gasteiger partial charge in [0.1, 0.15) is 5.82 Å². The number of likely N-dealkylation sites (tertiary alicyclic amines) is 1. The molecule has 3 aromatic carbocycles. The number of nitrogens with one attached hydrogen (secondary N) is 3. The molecule has 0 aliphatic carbocycles. The lowest BCUT2D eigenvalue weighted by molar-refractivity contribution is 0.0996. The van der Waals surface area contributed by atoms with E-state index < -0.39 is 27.8 Å². The van der Waals surface area contributed by atoms with E-state index in [1.165, 1.54) is 24.8 Å². The lowest BCUT2D eigenvalue weighted by Gasteiger charge is -2.32. The Morgan fingerprint density at radius 3 is 2.23 bits per heavy atom. The van der Waals surface area contributed by atoms with E-state index in [1.807, 2.05) is 30.3 Å². The van der Waals surface area contributed by atoms with Crippen LogP contribution in [0.15, 0.2) is 79.0 Å². The first-order valence-electron chi connectivity index (χ1n) is 14.7. The zero-order valence-corrected chi connectivity index (χ0v) is 27.9. The summed E-state index contributed by atoms with van der Waals surface area (Å²) in [5, 5.41) is 5.32. The van der Waals surface area contributed by atoms with Gasteiger partial charge in [-0.3, -0.25) is 14.4 Å². The Kier molecular flexibility index (Phi) is 11.8. The number of amides is 3. The molecule has 1 aliphatic heterocycles. The van der Waals surface area contributed by atoms with Crippen LogP contribution in [0.5, 0.6) is 17.4 Å². The molecule has 1 fully saturated rings. The average Bonchev–Trinajstić information content (AvgIpc) is 3.03. The molecule has 2 heterocycles. The van der Waals surface area contributed by atoms with Gasteiger partial charge in [0.25, 0.3) is 5.91 Å². The Morgan fingerprint density at radius 1 is 0.938 bits per heavy atom. The molecule has 0 spiro atoms. The average molecular weight is 699 g/mol. The summed E-state index contributed by atoms with van der Waals surface area (Å²) in [6.07, 6.45) is 4.82. The molecule has 0 unspecified atom stereocenters. The Balaban J connectivity index is 0.00000520. The molecule has 1 aliphatic rings. The van der Waals surface area contributed by atoms with Crippen molar-refractivity contribution in [2.24, 2.45) is 5.73 Å². The van der Waals surface area contributed by atoms with Crippen LogP contribution in [0.4, 0.5) is 26.2 Å². The summed E-state index contributed by atoms with van der Waals surface area (Å²) in [6.45, 7) is 2.59. The topological polar surface area (TPSA) is 165 Å². The van der Waals surface area contributed by atoms with Crippen molar-refractivity contribution in [1.82, 2.24) is 9.88 Å². The molecule has 0 bridgehead atoms. The monoisotopic (exact) mass is 698 g/mol. The Morgan fingerprint density at radius 2 is 1.60 bits per heavy atom. The fraction of sp³-hybridized carbons (Fsp3) is 0.242. The number of hydrogen-bond donors (Lipinski definition) is 4. The predicted molar refractivity (Wildman–Crippen MR) is 184 cm³/mol. The molecule has 1 aromatic heterocycles. The Labute approximate surface area is 284 Å². The van der Waals surface area contributed by atoms with Crippen LogP contribution in [-0.2, 0) is 16.6 Å². The maximum absolute atomic E-state index is 13.7. The highest BCUT2D eigenvalue weighted by molar-refractivity contribution is 7.92. The van der Waals surface area contributed by atoms with Gasteiger partial charge in [-0.05, 0) is 85.4 Å². The van der Waals surface area contributed by atoms with Crippen LogP contribution in [0.25, 0.3) is 0 Å². The number of rotatable bonds is 11. The van der Waals surface area contributed by atoms with E-state index in [1.54, 1.807) is 30.5 Å². The number of aromatic nitrogens is 1. The lowest BCUT2D eigenvalue weighted by Crippen LogP contribution is -2.32. The second-order valence-electron chi connectivity index (χ2n) is 11.2. The van der Waals surface area contributed by atoms with Crippen molar-refractivity contribution in [3.63, 3.8) is 0 Å². The molecule has 5 N–H and O–H groups in total. The zero-order valence-electron chi connectivity index (χ0n) is 26.2. The molecule has 0 radical (unpaired) electrons. The summed E-state index contributed by atoms with van der Waals surface area (Å²) in [5.41, 5.74) is 8.33. The normalized spacial score (nSPS) is 13.6. The summed E-state index contributed by atoms with van der Waals surface area (Å²) < 4.78 is 50.4. The van der Waals surface area contributed by atoms with Gasteiger partial charge in [0.05, 0.1) is 24.6 Å². The van der Waals surface area contributed by atoms with Gasteiger partial charge < -0.3 is 25.8 Å². The van der Waals surface area contributed by atoms with Gasteiger partial charge in [-0.1, -0.05) is 18.2 Å². The van der Waals surface area contributed by atoms with E-state index in [4.69, 9.17) is 15.2 Å². The van der Waals surface area contributed by atoms with Crippen LogP contribution in [0.2, 0.25) is 0 Å². The van der Waals surface area contributed by atoms with E-state index in [0.29, 0.717) is 34.7 Å². The minimum atomic E-state index is -3.42. The van der Waals surface area contributed by atoms with Crippen molar-refractivity contribution in [2.45, 2.75) is 25.3 Å². The first-order chi connectivity index (χ1) is 22.5. The highest BCUT2D eigenvalue weighted by Crippen LogP contribution is 2.34. The molecule has 1 saturated heterocycles. The second-order valence-corrected chi connectivity index (χ2v) is 12.9. The fourth-order valence-corrected chi connectivity index (χ4v) is 5.87. The van der Waals surface area contributed by atoms with Gasteiger partial charge in [0.15, 0.2) is 11.5 Å². The fourth-order valence-electron chi connectivity index (χ4n) is 5.31. The van der Waals surface area contributed by atoms with E-state index in [0.717, 1.165) is 50.4 Å². The molecule has 15 heteroatoms. The maximum Gasteiger partial charge on any atom is 0.323 e. The number of pyridine rings is 1. The summed E-state index contributed by atoms with van der Waals surface area (Å²) >= 11 is 0. The molecule has 3 amide bonds. The van der Waals surface area contributed by atoms with Crippen molar-refractivity contribution < 1.29 is 31.9 Å². The minimum Gasteiger partial charge on any atom is -0.493 e. The zero-order chi connectivity index (χ0) is 33.6. The number of nitrogens with two attached hydrogens (primary N) is 1. The van der Waals surface area contributed by atoms with Gasteiger partial charge in [0, 0.05) is 36.2 Å². The molecule has 254 valence electrons. The number of benzene rings is 3. The number of carbonyl (C=O) groups is 2. The summed E-state index contributed by atoms with van der Waals surface area (Å²) in [6, 6.07) is 19.3. The number of carbonyl (C=O) groups excluding carboxylic acids is 2. The van der Waals surface area contributed by atoms with Crippen molar-refractivity contribution >= 4 is 51.4 Å². The molecule has 48 heavy (non-hydrogen) atoms. The smallest absolute Gasteiger partial charge is 0.323 e. The number of anilines is 3. The number of nitrogens with zero attached hydrogens (tertiary/aromatic N) is 2. The first-order valence-corrected chi connectivity index (χ1v) is 16.6. The third-order valence-corrected chi connectivity index (χ3v) is 8.21. The summed E-state index contributed by atoms with van der Waals surface area (Å²) in [7, 11) is -1.95. The highest BCUT2D eigenvalue weighted by Gasteiger charge is 2.21. The molecular formula is C33H36ClFN6O6S. The van der Waals surface area contributed by atoms with Gasteiger partial charge in [-0.25, -0.2) is 22.6 Å². The molecular weight excluding hydrogens is 663 g/mol. The van der Waals surface area contributed by atoms with Crippen LogP contribution in [0, 0.1) is 5.82 Å². The SMILES string of the molecule is COc1cc(NS(C)(=O)=O)ccc1Oc1ccc(CN2CCC(c3ccc(NC(=O)Nc4ccc(F)c(C(N)=O)c4)cc3)CC2)cn1.Cl. The van der Waals surface area contributed by atoms with Crippen LogP contribution < -0.4 is 30.6 Å². The highest BCUT2D eigenvalue weighted by atomic mass is 35.5. The van der Waals surface area contributed by atoms with Crippen LogP contribution in [0.1, 0.15) is 40.2 Å². The molecule has 12 nitrogen and oxygen atoms in total. The van der Waals surface area contributed by atoms with E-state index in [-0.39, 0.29) is 23.7 Å². The molecule has 0 atom stereocenters. The Bertz CT molecular complexity index is 1850. The standard InChI is InChI=1S/C33H35FN6O6S.ClH/c1-45-30-18-26(39-47(2,43)44)9-11-29(30)46-31-12-3-21(19-36-31)20-40-15-13-23(14-16-40)22-4-6-24(7-5-22)37-33(42)38-25-8-10-28(34)27(17-25)32(35)41;/h3-12,17-19,23,39H,13-16,20H2,1-2H3,(H2,35,41)(H2,37,38,42);1H. The lowest BCUT2D eigenvalue weighted by atomic mass is 9.89. The number of methoxy groups -OCH3 is 1. The number of sulfonamides is 1. The van der Waals surface area contributed by atoms with Crippen LogP contribution >= 0.6 is 12.4 Å². The first kappa shape index (κ1) is 35.9. The maximum atomic E-state index is 13.7. The minimum absolute atomic E-state index is 0. The number of piperidine rings is 1. The van der Waals surface area contributed by atoms with Crippen LogP contribution in [0.3, 0.4) is 0 Å². The van der Waals surface area contributed by atoms with E-state index in [2.05, 4.69) is 25.2 Å². The van der Waals surface area contributed by atoms with Gasteiger partial charge in [-0.15, -0.1) is 12.4 Å². The van der Waals surface area contributed by atoms with Crippen molar-refractivity contribution in [1.29, 1.82) is 0 Å². The molecule has 0 saturated carbocycles. The summed E-state index contributed by atoms with van der Waals surface area (Å²) in [4.78, 5) is 30.6. The van der Waals surface area contributed by atoms with Crippen molar-refractivity contribution in [3.05, 3.63) is 102 Å². The van der Waals surface area contributed by atoms with E-state index in [9.17, 15) is 22.4 Å². The number of primary amides is 1. The third-order valence-electron chi connectivity index (χ3n) is 7.60. The second kappa shape index (κ2) is 15.8. The number of hydrogen-bond acceptors (Lipinski definition) is 8. The third kappa shape index (κ3) is 9.80. The quantitative estimate of drug-likeness (QED) is 0.150. The predicted octanol–water partition coefficient (Wildman–Crippen LogP) is 5.94. The summed E-state index contributed by atoms with van der Waals surface area (Å²) in [5.74, 6) is -0.114. The van der Waals surface area contributed by atoms with Crippen LogP contribution in [-0.4, -0.2) is 56.7 Å². The largest absolute Gasteiger partial charge is 0.493 e. The molecule has 4 aromatic rings. The van der Waals surface area contributed by atoms with E-state index >= 15 is 0 Å².